The highest BCUT2D eigenvalue weighted by atomic mass is 19.1. The summed E-state index contributed by atoms with van der Waals surface area (Å²) in [6.45, 7) is 1.40. The van der Waals surface area contributed by atoms with Crippen LogP contribution in [-0.2, 0) is 11.8 Å². The summed E-state index contributed by atoms with van der Waals surface area (Å²) < 4.78 is 15.1. The largest absolute Gasteiger partial charge is 0.350 e. The number of amides is 2. The van der Waals surface area contributed by atoms with Crippen LogP contribution in [0.1, 0.15) is 17.3 Å². The fourth-order valence-corrected chi connectivity index (χ4v) is 2.66. The number of carbonyl (C=O) groups is 2. The van der Waals surface area contributed by atoms with Crippen molar-refractivity contribution < 1.29 is 14.0 Å². The molecule has 0 saturated heterocycles. The van der Waals surface area contributed by atoms with Crippen molar-refractivity contribution in [3.8, 4) is 0 Å². The average Bonchev–Trinajstić information content (AvgIpc) is 2.59. The molecule has 2 aromatic carbocycles. The summed E-state index contributed by atoms with van der Waals surface area (Å²) in [6.07, 6.45) is 1.42. The summed E-state index contributed by atoms with van der Waals surface area (Å²) in [5, 5.41) is 5.39. The molecule has 6 nitrogen and oxygen atoms in total. The highest BCUT2D eigenvalue weighted by molar-refractivity contribution is 6.05. The Balaban J connectivity index is 1.91. The molecule has 0 atom stereocenters. The number of nitrogens with zero attached hydrogens (tertiary/aromatic N) is 1. The lowest BCUT2D eigenvalue weighted by atomic mass is 10.1. The normalized spacial score (nSPS) is 10.6. The molecule has 0 spiro atoms. The maximum absolute atomic E-state index is 13.5. The summed E-state index contributed by atoms with van der Waals surface area (Å²) in [4.78, 5) is 36.1. The van der Waals surface area contributed by atoms with Crippen LogP contribution in [0, 0.1) is 5.82 Å². The van der Waals surface area contributed by atoms with Gasteiger partial charge in [0.2, 0.25) is 11.3 Å². The van der Waals surface area contributed by atoms with Gasteiger partial charge < -0.3 is 15.2 Å². The molecule has 0 fully saturated rings. The number of nitrogens with one attached hydrogen (secondary N) is 2. The number of rotatable bonds is 3. The number of carbonyl (C=O) groups excluding carboxylic acids is 2. The van der Waals surface area contributed by atoms with Gasteiger partial charge >= 0.3 is 0 Å². The molecule has 0 aliphatic rings. The number of aryl methyl sites for hydroxylation is 1. The van der Waals surface area contributed by atoms with Gasteiger partial charge in [0.1, 0.15) is 11.4 Å². The first kappa shape index (κ1) is 17.3. The Kier molecular flexibility index (Phi) is 4.53. The second-order valence-corrected chi connectivity index (χ2v) is 5.86. The smallest absolute Gasteiger partial charge is 0.261 e. The monoisotopic (exact) mass is 353 g/mol. The van der Waals surface area contributed by atoms with Crippen LogP contribution in [0.5, 0.6) is 0 Å². The number of benzene rings is 2. The number of pyridine rings is 1. The molecule has 1 aromatic heterocycles. The van der Waals surface area contributed by atoms with Gasteiger partial charge in [0, 0.05) is 36.9 Å². The SMILES string of the molecule is CC(=O)Nc1ccc(NC(=O)c2cn(C)c3ccc(F)cc3c2=O)cc1. The third-order valence-corrected chi connectivity index (χ3v) is 3.86. The number of hydrogen-bond acceptors (Lipinski definition) is 3. The summed E-state index contributed by atoms with van der Waals surface area (Å²) in [5.74, 6) is -1.33. The second-order valence-electron chi connectivity index (χ2n) is 5.86. The molecule has 2 amide bonds. The number of anilines is 2. The van der Waals surface area contributed by atoms with E-state index in [1.165, 1.54) is 25.3 Å². The summed E-state index contributed by atoms with van der Waals surface area (Å²) >= 11 is 0. The Labute approximate surface area is 148 Å². The molecule has 26 heavy (non-hydrogen) atoms. The van der Waals surface area contributed by atoms with E-state index in [9.17, 15) is 18.8 Å². The first-order valence-corrected chi connectivity index (χ1v) is 7.83. The number of halogens is 1. The molecule has 0 aliphatic heterocycles. The van der Waals surface area contributed by atoms with E-state index in [0.29, 0.717) is 16.9 Å². The molecule has 0 bridgehead atoms. The van der Waals surface area contributed by atoms with Crippen molar-refractivity contribution in [1.82, 2.24) is 4.57 Å². The topological polar surface area (TPSA) is 80.2 Å². The first-order chi connectivity index (χ1) is 12.3. The van der Waals surface area contributed by atoms with E-state index < -0.39 is 17.2 Å². The lowest BCUT2D eigenvalue weighted by molar-refractivity contribution is -0.114. The van der Waals surface area contributed by atoms with Crippen molar-refractivity contribution in [2.24, 2.45) is 7.05 Å². The molecule has 2 N–H and O–H groups in total. The number of aromatic nitrogens is 1. The Morgan fingerprint density at radius 3 is 2.23 bits per heavy atom. The van der Waals surface area contributed by atoms with Gasteiger partial charge in [0.25, 0.3) is 5.91 Å². The van der Waals surface area contributed by atoms with E-state index in [0.717, 1.165) is 6.07 Å². The van der Waals surface area contributed by atoms with E-state index in [4.69, 9.17) is 0 Å². The molecule has 3 rings (SSSR count). The third-order valence-electron chi connectivity index (χ3n) is 3.86. The predicted octanol–water partition coefficient (Wildman–Crippen LogP) is 2.89. The van der Waals surface area contributed by atoms with E-state index in [2.05, 4.69) is 10.6 Å². The standard InChI is InChI=1S/C19H16FN3O3/c1-11(24)21-13-4-6-14(7-5-13)22-19(26)16-10-23(2)17-8-3-12(20)9-15(17)18(16)25/h3-10H,1-2H3,(H,21,24)(H,22,26). The van der Waals surface area contributed by atoms with Crippen molar-refractivity contribution in [2.75, 3.05) is 10.6 Å². The highest BCUT2D eigenvalue weighted by Gasteiger charge is 2.15. The van der Waals surface area contributed by atoms with Crippen LogP contribution in [0.2, 0.25) is 0 Å². The van der Waals surface area contributed by atoms with Crippen molar-refractivity contribution in [2.45, 2.75) is 6.92 Å². The van der Waals surface area contributed by atoms with E-state index in [1.54, 1.807) is 35.9 Å². The summed E-state index contributed by atoms with van der Waals surface area (Å²) in [6, 6.07) is 10.3. The van der Waals surface area contributed by atoms with Gasteiger partial charge in [0.05, 0.1) is 5.52 Å². The van der Waals surface area contributed by atoms with Gasteiger partial charge in [-0.1, -0.05) is 0 Å². The quantitative estimate of drug-likeness (QED) is 0.760. The van der Waals surface area contributed by atoms with Crippen molar-refractivity contribution in [3.05, 3.63) is 70.3 Å². The predicted molar refractivity (Wildman–Crippen MR) is 97.8 cm³/mol. The minimum absolute atomic E-state index is 0.0865. The molecule has 0 unspecified atom stereocenters. The van der Waals surface area contributed by atoms with Gasteiger partial charge in [-0.3, -0.25) is 14.4 Å². The molecule has 1 heterocycles. The van der Waals surface area contributed by atoms with Crippen molar-refractivity contribution in [1.29, 1.82) is 0 Å². The number of fused-ring (bicyclic) bond motifs is 1. The minimum Gasteiger partial charge on any atom is -0.350 e. The van der Waals surface area contributed by atoms with Gasteiger partial charge in [-0.25, -0.2) is 4.39 Å². The fraction of sp³-hybridized carbons (Fsp3) is 0.105. The zero-order chi connectivity index (χ0) is 18.8. The Bertz CT molecular complexity index is 1070. The van der Waals surface area contributed by atoms with Gasteiger partial charge in [-0.15, -0.1) is 0 Å². The maximum atomic E-state index is 13.5. The molecular weight excluding hydrogens is 337 g/mol. The van der Waals surface area contributed by atoms with Gasteiger partial charge in [-0.05, 0) is 42.5 Å². The molecular formula is C19H16FN3O3. The molecule has 0 aliphatic carbocycles. The second kappa shape index (κ2) is 6.79. The molecule has 132 valence electrons. The third kappa shape index (κ3) is 3.46. The van der Waals surface area contributed by atoms with Gasteiger partial charge in [0.15, 0.2) is 0 Å². The van der Waals surface area contributed by atoms with Crippen LogP contribution in [0.3, 0.4) is 0 Å². The molecule has 3 aromatic rings. The van der Waals surface area contributed by atoms with Crippen LogP contribution in [0.4, 0.5) is 15.8 Å². The molecule has 0 radical (unpaired) electrons. The fourth-order valence-electron chi connectivity index (χ4n) is 2.66. The van der Waals surface area contributed by atoms with E-state index >= 15 is 0 Å². The van der Waals surface area contributed by atoms with Crippen molar-refractivity contribution in [3.63, 3.8) is 0 Å². The van der Waals surface area contributed by atoms with Crippen molar-refractivity contribution >= 4 is 34.1 Å². The van der Waals surface area contributed by atoms with E-state index in [1.807, 2.05) is 0 Å². The first-order valence-electron chi connectivity index (χ1n) is 7.83. The Morgan fingerprint density at radius 1 is 1.00 bits per heavy atom. The highest BCUT2D eigenvalue weighted by Crippen LogP contribution is 2.16. The lowest BCUT2D eigenvalue weighted by Gasteiger charge is -2.10. The van der Waals surface area contributed by atoms with Crippen LogP contribution < -0.4 is 16.1 Å². The molecule has 0 saturated carbocycles. The average molecular weight is 353 g/mol. The zero-order valence-corrected chi connectivity index (χ0v) is 14.2. The lowest BCUT2D eigenvalue weighted by Crippen LogP contribution is -2.23. The Morgan fingerprint density at radius 2 is 1.62 bits per heavy atom. The van der Waals surface area contributed by atoms with Crippen LogP contribution in [0.15, 0.2) is 53.5 Å². The maximum Gasteiger partial charge on any atom is 0.261 e. The summed E-state index contributed by atoms with van der Waals surface area (Å²) in [5.41, 5.74) is 0.965. The van der Waals surface area contributed by atoms with Crippen LogP contribution in [-0.4, -0.2) is 16.4 Å². The summed E-state index contributed by atoms with van der Waals surface area (Å²) in [7, 11) is 1.68. The Hall–Kier alpha value is -3.48. The molecule has 7 heteroatoms. The van der Waals surface area contributed by atoms with Crippen LogP contribution >= 0.6 is 0 Å². The zero-order valence-electron chi connectivity index (χ0n) is 14.2. The van der Waals surface area contributed by atoms with E-state index in [-0.39, 0.29) is 16.9 Å². The number of hydrogen-bond donors (Lipinski definition) is 2. The van der Waals surface area contributed by atoms with Crippen LogP contribution in [0.25, 0.3) is 10.9 Å². The van der Waals surface area contributed by atoms with Gasteiger partial charge in [-0.2, -0.15) is 0 Å². The minimum atomic E-state index is -0.593.